The molecule has 100 valence electrons. The van der Waals surface area contributed by atoms with E-state index in [2.05, 4.69) is 43.2 Å². The maximum Gasteiger partial charge on any atom is 0.0594 e. The number of pyridine rings is 1. The van der Waals surface area contributed by atoms with Gasteiger partial charge in [0.1, 0.15) is 0 Å². The van der Waals surface area contributed by atoms with Gasteiger partial charge in [0.15, 0.2) is 0 Å². The van der Waals surface area contributed by atoms with Crippen LogP contribution in [-0.2, 0) is 0 Å². The van der Waals surface area contributed by atoms with E-state index in [1.807, 2.05) is 24.5 Å². The van der Waals surface area contributed by atoms with Gasteiger partial charge in [-0.25, -0.2) is 0 Å². The summed E-state index contributed by atoms with van der Waals surface area (Å²) in [6, 6.07) is 8.37. The fourth-order valence-corrected chi connectivity index (χ4v) is 2.54. The Balaban J connectivity index is 2.45. The maximum atomic E-state index is 6.04. The van der Waals surface area contributed by atoms with Gasteiger partial charge in [0.05, 0.1) is 6.04 Å². The third kappa shape index (κ3) is 3.34. The highest BCUT2D eigenvalue weighted by atomic mass is 35.5. The SMILES string of the molecule is CCNC(c1cncc(C)c1)c1ccc(Cl)cc1C. The Morgan fingerprint density at radius 3 is 2.63 bits per heavy atom. The summed E-state index contributed by atoms with van der Waals surface area (Å²) in [5.41, 5.74) is 4.80. The van der Waals surface area contributed by atoms with Crippen molar-refractivity contribution in [2.75, 3.05) is 6.54 Å². The van der Waals surface area contributed by atoms with E-state index >= 15 is 0 Å². The van der Waals surface area contributed by atoms with Gasteiger partial charge in [0.2, 0.25) is 0 Å². The van der Waals surface area contributed by atoms with Crippen molar-refractivity contribution in [1.29, 1.82) is 0 Å². The van der Waals surface area contributed by atoms with Crippen molar-refractivity contribution in [3.63, 3.8) is 0 Å². The van der Waals surface area contributed by atoms with Crippen LogP contribution < -0.4 is 5.32 Å². The first-order chi connectivity index (χ1) is 9.11. The Hall–Kier alpha value is -1.38. The predicted molar refractivity (Wildman–Crippen MR) is 80.7 cm³/mol. The van der Waals surface area contributed by atoms with Gasteiger partial charge < -0.3 is 5.32 Å². The van der Waals surface area contributed by atoms with E-state index in [9.17, 15) is 0 Å². The maximum absolute atomic E-state index is 6.04. The molecule has 3 heteroatoms. The van der Waals surface area contributed by atoms with Crippen molar-refractivity contribution >= 4 is 11.6 Å². The van der Waals surface area contributed by atoms with Crippen molar-refractivity contribution in [3.8, 4) is 0 Å². The van der Waals surface area contributed by atoms with Crippen LogP contribution in [0.1, 0.15) is 35.2 Å². The zero-order valence-electron chi connectivity index (χ0n) is 11.6. The topological polar surface area (TPSA) is 24.9 Å². The molecule has 0 aliphatic heterocycles. The third-order valence-electron chi connectivity index (χ3n) is 3.18. The van der Waals surface area contributed by atoms with Crippen LogP contribution in [0.25, 0.3) is 0 Å². The molecule has 2 nitrogen and oxygen atoms in total. The molecule has 1 aromatic heterocycles. The first kappa shape index (κ1) is 14.0. The third-order valence-corrected chi connectivity index (χ3v) is 3.42. The zero-order chi connectivity index (χ0) is 13.8. The second-order valence-corrected chi connectivity index (χ2v) is 5.22. The summed E-state index contributed by atoms with van der Waals surface area (Å²) >= 11 is 6.04. The van der Waals surface area contributed by atoms with Crippen LogP contribution in [0.15, 0.2) is 36.7 Å². The number of nitrogens with zero attached hydrogens (tertiary/aromatic N) is 1. The van der Waals surface area contributed by atoms with Gasteiger partial charge in [-0.1, -0.05) is 30.7 Å². The van der Waals surface area contributed by atoms with Crippen molar-refractivity contribution in [2.45, 2.75) is 26.8 Å². The second kappa shape index (κ2) is 6.18. The molecule has 2 rings (SSSR count). The van der Waals surface area contributed by atoms with Gasteiger partial charge in [-0.3, -0.25) is 4.98 Å². The Kier molecular flexibility index (Phi) is 4.56. The highest BCUT2D eigenvalue weighted by Crippen LogP contribution is 2.26. The molecule has 0 spiro atoms. The van der Waals surface area contributed by atoms with E-state index in [1.165, 1.54) is 22.3 Å². The molecule has 19 heavy (non-hydrogen) atoms. The molecule has 0 bridgehead atoms. The van der Waals surface area contributed by atoms with E-state index in [-0.39, 0.29) is 6.04 Å². The number of aromatic nitrogens is 1. The quantitative estimate of drug-likeness (QED) is 0.910. The van der Waals surface area contributed by atoms with Crippen molar-refractivity contribution in [1.82, 2.24) is 10.3 Å². The summed E-state index contributed by atoms with van der Waals surface area (Å²) in [6.45, 7) is 7.17. The molecule has 2 aromatic rings. The Morgan fingerprint density at radius 1 is 1.21 bits per heavy atom. The second-order valence-electron chi connectivity index (χ2n) is 4.79. The minimum atomic E-state index is 0.162. The lowest BCUT2D eigenvalue weighted by atomic mass is 9.95. The van der Waals surface area contributed by atoms with Crippen molar-refractivity contribution in [2.24, 2.45) is 0 Å². The number of aryl methyl sites for hydroxylation is 2. The predicted octanol–water partition coefficient (Wildman–Crippen LogP) is 4.05. The fourth-order valence-electron chi connectivity index (χ4n) is 2.31. The number of benzene rings is 1. The first-order valence-corrected chi connectivity index (χ1v) is 6.90. The number of rotatable bonds is 4. The van der Waals surface area contributed by atoms with Crippen LogP contribution in [0.3, 0.4) is 0 Å². The molecular formula is C16H19ClN2. The minimum Gasteiger partial charge on any atom is -0.306 e. The molecule has 0 aliphatic rings. The summed E-state index contributed by atoms with van der Waals surface area (Å²) in [4.78, 5) is 4.29. The minimum absolute atomic E-state index is 0.162. The van der Waals surface area contributed by atoms with Crippen LogP contribution in [0.5, 0.6) is 0 Å². The van der Waals surface area contributed by atoms with Crippen LogP contribution >= 0.6 is 11.6 Å². The molecule has 1 unspecified atom stereocenters. The van der Waals surface area contributed by atoms with Crippen molar-refractivity contribution < 1.29 is 0 Å². The average molecular weight is 275 g/mol. The van der Waals surface area contributed by atoms with Gasteiger partial charge >= 0.3 is 0 Å². The lowest BCUT2D eigenvalue weighted by Crippen LogP contribution is -2.23. The molecule has 0 saturated carbocycles. The highest BCUT2D eigenvalue weighted by molar-refractivity contribution is 6.30. The van der Waals surface area contributed by atoms with E-state index in [0.717, 1.165) is 11.6 Å². The van der Waals surface area contributed by atoms with Gasteiger partial charge in [-0.15, -0.1) is 0 Å². The summed E-state index contributed by atoms with van der Waals surface area (Å²) in [5.74, 6) is 0. The number of halogens is 1. The summed E-state index contributed by atoms with van der Waals surface area (Å²) in [7, 11) is 0. The molecule has 0 saturated heterocycles. The van der Waals surface area contributed by atoms with E-state index in [0.29, 0.717) is 0 Å². The average Bonchev–Trinajstić information content (AvgIpc) is 2.37. The Morgan fingerprint density at radius 2 is 2.00 bits per heavy atom. The number of nitrogens with one attached hydrogen (secondary N) is 1. The van der Waals surface area contributed by atoms with Crippen LogP contribution in [0.2, 0.25) is 5.02 Å². The smallest absolute Gasteiger partial charge is 0.0594 e. The van der Waals surface area contributed by atoms with Crippen molar-refractivity contribution in [3.05, 3.63) is 63.9 Å². The molecule has 0 amide bonds. The zero-order valence-corrected chi connectivity index (χ0v) is 12.3. The van der Waals surface area contributed by atoms with Gasteiger partial charge in [-0.2, -0.15) is 0 Å². The van der Waals surface area contributed by atoms with Gasteiger partial charge in [-0.05, 0) is 54.8 Å². The summed E-state index contributed by atoms with van der Waals surface area (Å²) < 4.78 is 0. The molecule has 0 fully saturated rings. The number of hydrogen-bond donors (Lipinski definition) is 1. The Labute approximate surface area is 119 Å². The van der Waals surface area contributed by atoms with Crippen LogP contribution in [-0.4, -0.2) is 11.5 Å². The van der Waals surface area contributed by atoms with Gasteiger partial charge in [0, 0.05) is 17.4 Å². The molecule has 0 radical (unpaired) electrons. The molecular weight excluding hydrogens is 256 g/mol. The fraction of sp³-hybridized carbons (Fsp3) is 0.312. The van der Waals surface area contributed by atoms with E-state index < -0.39 is 0 Å². The monoisotopic (exact) mass is 274 g/mol. The largest absolute Gasteiger partial charge is 0.306 e. The number of hydrogen-bond acceptors (Lipinski definition) is 2. The lowest BCUT2D eigenvalue weighted by Gasteiger charge is -2.21. The molecule has 1 heterocycles. The first-order valence-electron chi connectivity index (χ1n) is 6.52. The summed E-state index contributed by atoms with van der Waals surface area (Å²) in [5, 5.41) is 4.30. The van der Waals surface area contributed by atoms with E-state index in [4.69, 9.17) is 11.6 Å². The lowest BCUT2D eigenvalue weighted by molar-refractivity contribution is 0.625. The Bertz CT molecular complexity index is 566. The van der Waals surface area contributed by atoms with Crippen LogP contribution in [0, 0.1) is 13.8 Å². The van der Waals surface area contributed by atoms with Crippen LogP contribution in [0.4, 0.5) is 0 Å². The highest BCUT2D eigenvalue weighted by Gasteiger charge is 2.15. The standard InChI is InChI=1S/C16H19ClN2/c1-4-19-16(13-7-11(2)9-18-10-13)15-6-5-14(17)8-12(15)3/h5-10,16,19H,4H2,1-3H3. The molecule has 1 N–H and O–H groups in total. The van der Waals surface area contributed by atoms with E-state index in [1.54, 1.807) is 0 Å². The molecule has 1 aromatic carbocycles. The summed E-state index contributed by atoms with van der Waals surface area (Å²) in [6.07, 6.45) is 3.80. The van der Waals surface area contributed by atoms with Gasteiger partial charge in [0.25, 0.3) is 0 Å². The molecule has 0 aliphatic carbocycles. The molecule has 1 atom stereocenters. The normalized spacial score (nSPS) is 12.4.